The topological polar surface area (TPSA) is 21.3 Å². The van der Waals surface area contributed by atoms with Crippen molar-refractivity contribution in [1.29, 1.82) is 0 Å². The molecular weight excluding hydrogens is 145 g/mol. The van der Waals surface area contributed by atoms with Crippen LogP contribution in [0.15, 0.2) is 12.2 Å². The summed E-state index contributed by atoms with van der Waals surface area (Å²) in [5.74, 6) is 0. The summed E-state index contributed by atoms with van der Waals surface area (Å²) in [4.78, 5) is 0. The minimum Gasteiger partial charge on any atom is -0.351 e. The smallest absolute Gasteiger partial charge is 0.202 e. The Kier molecular flexibility index (Phi) is 6.07. The molecule has 3 heteroatoms. The molecule has 2 nitrogen and oxygen atoms in total. The molecule has 0 fully saturated rings. The van der Waals surface area contributed by atoms with Gasteiger partial charge in [0.25, 0.3) is 0 Å². The predicted octanol–water partition coefficient (Wildman–Crippen LogP) is 1.48. The van der Waals surface area contributed by atoms with E-state index in [1.807, 2.05) is 6.92 Å². The van der Waals surface area contributed by atoms with Gasteiger partial charge in [0, 0.05) is 20.1 Å². The summed E-state index contributed by atoms with van der Waals surface area (Å²) < 4.78 is 16.9. The molecule has 0 aromatic rings. The van der Waals surface area contributed by atoms with E-state index >= 15 is 0 Å². The molecule has 0 aromatic heterocycles. The second kappa shape index (κ2) is 6.31. The zero-order chi connectivity index (χ0) is 8.69. The highest BCUT2D eigenvalue weighted by Crippen LogP contribution is 2.05. The third kappa shape index (κ3) is 6.01. The number of hydrogen-bond donors (Lipinski definition) is 1. The third-order valence-electron chi connectivity index (χ3n) is 1.33. The van der Waals surface area contributed by atoms with Crippen LogP contribution in [0.25, 0.3) is 0 Å². The molecule has 0 amide bonds. The van der Waals surface area contributed by atoms with Crippen molar-refractivity contribution < 1.29 is 9.13 Å². The number of rotatable bonds is 6. The van der Waals surface area contributed by atoms with E-state index in [0.29, 0.717) is 6.54 Å². The van der Waals surface area contributed by atoms with Crippen LogP contribution >= 0.6 is 0 Å². The Hall–Kier alpha value is -0.410. The molecule has 0 saturated carbocycles. The SMILES string of the molecule is C=C(CNCC)CC(F)OC. The molecule has 0 aliphatic rings. The summed E-state index contributed by atoms with van der Waals surface area (Å²) in [6.07, 6.45) is -0.926. The summed E-state index contributed by atoms with van der Waals surface area (Å²) in [6, 6.07) is 0. The van der Waals surface area contributed by atoms with Crippen LogP contribution in [0, 0.1) is 0 Å². The van der Waals surface area contributed by atoms with Gasteiger partial charge in [-0.15, -0.1) is 0 Å². The summed E-state index contributed by atoms with van der Waals surface area (Å²) >= 11 is 0. The largest absolute Gasteiger partial charge is 0.351 e. The lowest BCUT2D eigenvalue weighted by Crippen LogP contribution is -2.17. The number of halogens is 1. The van der Waals surface area contributed by atoms with Crippen LogP contribution in [-0.4, -0.2) is 26.6 Å². The lowest BCUT2D eigenvalue weighted by atomic mass is 10.2. The summed E-state index contributed by atoms with van der Waals surface area (Å²) in [5, 5.41) is 3.06. The van der Waals surface area contributed by atoms with Crippen molar-refractivity contribution in [1.82, 2.24) is 5.32 Å². The maximum Gasteiger partial charge on any atom is 0.202 e. The van der Waals surface area contributed by atoms with E-state index < -0.39 is 6.36 Å². The zero-order valence-corrected chi connectivity index (χ0v) is 7.19. The average Bonchev–Trinajstić information content (AvgIpc) is 2.00. The standard InChI is InChI=1S/C8H16FNO/c1-4-10-6-7(2)5-8(9)11-3/h8,10H,2,4-6H2,1,3H3. The van der Waals surface area contributed by atoms with Crippen molar-refractivity contribution >= 4 is 0 Å². The molecule has 11 heavy (non-hydrogen) atoms. The molecule has 1 atom stereocenters. The third-order valence-corrected chi connectivity index (χ3v) is 1.33. The maximum absolute atomic E-state index is 12.5. The Balaban J connectivity index is 3.36. The Bertz CT molecular complexity index is 117. The Labute approximate surface area is 67.4 Å². The first kappa shape index (κ1) is 10.6. The van der Waals surface area contributed by atoms with Gasteiger partial charge in [0.05, 0.1) is 0 Å². The van der Waals surface area contributed by atoms with Gasteiger partial charge >= 0.3 is 0 Å². The lowest BCUT2D eigenvalue weighted by molar-refractivity contribution is -0.00377. The molecule has 0 bridgehead atoms. The second-order valence-electron chi connectivity index (χ2n) is 2.38. The fraction of sp³-hybridized carbons (Fsp3) is 0.750. The van der Waals surface area contributed by atoms with Gasteiger partial charge in [-0.25, -0.2) is 4.39 Å². The first-order valence-electron chi connectivity index (χ1n) is 3.75. The molecule has 0 heterocycles. The summed E-state index contributed by atoms with van der Waals surface area (Å²) in [5.41, 5.74) is 0.834. The fourth-order valence-electron chi connectivity index (χ4n) is 0.684. The normalized spacial score (nSPS) is 13.0. The summed E-state index contributed by atoms with van der Waals surface area (Å²) in [6.45, 7) is 7.24. The molecule has 0 radical (unpaired) electrons. The Morgan fingerprint density at radius 3 is 2.82 bits per heavy atom. The lowest BCUT2D eigenvalue weighted by Gasteiger charge is -2.08. The van der Waals surface area contributed by atoms with Gasteiger partial charge in [-0.2, -0.15) is 0 Å². The van der Waals surface area contributed by atoms with Crippen molar-refractivity contribution in [2.75, 3.05) is 20.2 Å². The van der Waals surface area contributed by atoms with Crippen LogP contribution in [0.5, 0.6) is 0 Å². The Morgan fingerprint density at radius 1 is 1.73 bits per heavy atom. The first-order chi connectivity index (χ1) is 5.20. The first-order valence-corrected chi connectivity index (χ1v) is 3.75. The summed E-state index contributed by atoms with van der Waals surface area (Å²) in [7, 11) is 1.35. The minimum absolute atomic E-state index is 0.281. The molecule has 0 spiro atoms. The van der Waals surface area contributed by atoms with Crippen molar-refractivity contribution in [2.24, 2.45) is 0 Å². The van der Waals surface area contributed by atoms with E-state index in [0.717, 1.165) is 12.1 Å². The van der Waals surface area contributed by atoms with E-state index in [-0.39, 0.29) is 6.42 Å². The second-order valence-corrected chi connectivity index (χ2v) is 2.38. The molecule has 0 aliphatic heterocycles. The number of hydrogen-bond acceptors (Lipinski definition) is 2. The van der Waals surface area contributed by atoms with E-state index in [1.165, 1.54) is 7.11 Å². The number of ether oxygens (including phenoxy) is 1. The van der Waals surface area contributed by atoms with E-state index in [1.54, 1.807) is 0 Å². The quantitative estimate of drug-likeness (QED) is 0.596. The molecular formula is C8H16FNO. The molecule has 0 aromatic carbocycles. The highest BCUT2D eigenvalue weighted by atomic mass is 19.1. The monoisotopic (exact) mass is 161 g/mol. The van der Waals surface area contributed by atoms with Gasteiger partial charge in [0.15, 0.2) is 0 Å². The highest BCUT2D eigenvalue weighted by molar-refractivity contribution is 4.97. The highest BCUT2D eigenvalue weighted by Gasteiger charge is 2.04. The van der Waals surface area contributed by atoms with Crippen LogP contribution in [0.2, 0.25) is 0 Å². The predicted molar refractivity (Wildman–Crippen MR) is 44.2 cm³/mol. The molecule has 0 rings (SSSR count). The number of alkyl halides is 1. The van der Waals surface area contributed by atoms with Crippen molar-refractivity contribution in [3.8, 4) is 0 Å². The number of methoxy groups -OCH3 is 1. The van der Waals surface area contributed by atoms with Gasteiger partial charge in [0.2, 0.25) is 6.36 Å². The van der Waals surface area contributed by atoms with Crippen LogP contribution in [-0.2, 0) is 4.74 Å². The van der Waals surface area contributed by atoms with Gasteiger partial charge < -0.3 is 10.1 Å². The van der Waals surface area contributed by atoms with Gasteiger partial charge in [-0.05, 0) is 6.54 Å². The number of nitrogens with one attached hydrogen (secondary N) is 1. The molecule has 1 unspecified atom stereocenters. The van der Waals surface area contributed by atoms with Gasteiger partial charge in [-0.1, -0.05) is 19.1 Å². The van der Waals surface area contributed by atoms with Gasteiger partial charge in [-0.3, -0.25) is 0 Å². The number of likely N-dealkylation sites (N-methyl/N-ethyl adjacent to an activating group) is 1. The van der Waals surface area contributed by atoms with E-state index in [2.05, 4.69) is 16.6 Å². The Morgan fingerprint density at radius 2 is 2.36 bits per heavy atom. The molecule has 66 valence electrons. The molecule has 1 N–H and O–H groups in total. The average molecular weight is 161 g/mol. The van der Waals surface area contributed by atoms with Crippen LogP contribution in [0.3, 0.4) is 0 Å². The molecule has 0 aliphatic carbocycles. The van der Waals surface area contributed by atoms with E-state index in [9.17, 15) is 4.39 Å². The molecule has 0 saturated heterocycles. The zero-order valence-electron chi connectivity index (χ0n) is 7.19. The fourth-order valence-corrected chi connectivity index (χ4v) is 0.684. The minimum atomic E-state index is -1.21. The van der Waals surface area contributed by atoms with Gasteiger partial charge in [0.1, 0.15) is 0 Å². The van der Waals surface area contributed by atoms with Crippen molar-refractivity contribution in [3.63, 3.8) is 0 Å². The van der Waals surface area contributed by atoms with E-state index in [4.69, 9.17) is 0 Å². The van der Waals surface area contributed by atoms with Crippen molar-refractivity contribution in [2.45, 2.75) is 19.7 Å². The van der Waals surface area contributed by atoms with Crippen LogP contribution in [0.4, 0.5) is 4.39 Å². The maximum atomic E-state index is 12.5. The van der Waals surface area contributed by atoms with Crippen LogP contribution < -0.4 is 5.32 Å². The van der Waals surface area contributed by atoms with Crippen molar-refractivity contribution in [3.05, 3.63) is 12.2 Å². The van der Waals surface area contributed by atoms with Crippen LogP contribution in [0.1, 0.15) is 13.3 Å².